The maximum Gasteiger partial charge on any atom is 0.227 e. The van der Waals surface area contributed by atoms with E-state index in [1.54, 1.807) is 11.3 Å². The third-order valence-corrected chi connectivity index (χ3v) is 5.11. The van der Waals surface area contributed by atoms with E-state index in [-0.39, 0.29) is 5.91 Å². The summed E-state index contributed by atoms with van der Waals surface area (Å²) in [6.07, 6.45) is 0.543. The standard InChI is InChI=1S/C18H22N2OS/c1-14-5-6-17(15(2)12-14)19-7-9-20(10-8-19)18(21)13-16-4-3-11-22-16/h3-6,11-12H,7-10,13H2,1-2H3. The molecule has 3 nitrogen and oxygen atoms in total. The molecule has 1 saturated heterocycles. The number of carbonyl (C=O) groups excluding carboxylic acids is 1. The molecule has 0 atom stereocenters. The second-order valence-corrected chi connectivity index (χ2v) is 6.95. The van der Waals surface area contributed by atoms with Gasteiger partial charge in [0.2, 0.25) is 5.91 Å². The van der Waals surface area contributed by atoms with E-state index < -0.39 is 0 Å². The molecule has 0 aliphatic carbocycles. The third kappa shape index (κ3) is 3.33. The van der Waals surface area contributed by atoms with Gasteiger partial charge in [0.05, 0.1) is 6.42 Å². The molecule has 2 aromatic rings. The van der Waals surface area contributed by atoms with Crippen molar-refractivity contribution in [1.82, 2.24) is 4.90 Å². The third-order valence-electron chi connectivity index (χ3n) is 4.23. The van der Waals surface area contributed by atoms with Crippen molar-refractivity contribution in [1.29, 1.82) is 0 Å². The molecule has 1 aromatic carbocycles. The molecule has 4 heteroatoms. The van der Waals surface area contributed by atoms with Crippen molar-refractivity contribution in [2.75, 3.05) is 31.1 Å². The first-order chi connectivity index (χ1) is 10.6. The molecule has 0 bridgehead atoms. The van der Waals surface area contributed by atoms with Gasteiger partial charge in [-0.15, -0.1) is 11.3 Å². The predicted molar refractivity (Wildman–Crippen MR) is 92.7 cm³/mol. The highest BCUT2D eigenvalue weighted by Gasteiger charge is 2.22. The Bertz CT molecular complexity index is 643. The largest absolute Gasteiger partial charge is 0.368 e. The van der Waals surface area contributed by atoms with E-state index in [0.29, 0.717) is 6.42 Å². The van der Waals surface area contributed by atoms with Crippen molar-refractivity contribution in [2.24, 2.45) is 0 Å². The number of hydrogen-bond acceptors (Lipinski definition) is 3. The molecule has 22 heavy (non-hydrogen) atoms. The number of amides is 1. The molecule has 1 amide bonds. The molecule has 1 aliphatic rings. The van der Waals surface area contributed by atoms with Gasteiger partial charge < -0.3 is 9.80 Å². The highest BCUT2D eigenvalue weighted by molar-refractivity contribution is 7.10. The van der Waals surface area contributed by atoms with E-state index in [0.717, 1.165) is 31.1 Å². The monoisotopic (exact) mass is 314 g/mol. The zero-order valence-electron chi connectivity index (χ0n) is 13.2. The molecule has 0 unspecified atom stereocenters. The molecular weight excluding hydrogens is 292 g/mol. The van der Waals surface area contributed by atoms with Gasteiger partial charge in [0.1, 0.15) is 0 Å². The predicted octanol–water partition coefficient (Wildman–Crippen LogP) is 3.26. The minimum atomic E-state index is 0.253. The summed E-state index contributed by atoms with van der Waals surface area (Å²) < 4.78 is 0. The van der Waals surface area contributed by atoms with Crippen molar-refractivity contribution in [3.05, 3.63) is 51.7 Å². The second-order valence-electron chi connectivity index (χ2n) is 5.91. The Morgan fingerprint density at radius 2 is 1.91 bits per heavy atom. The van der Waals surface area contributed by atoms with Gasteiger partial charge in [-0.2, -0.15) is 0 Å². The van der Waals surface area contributed by atoms with Gasteiger partial charge in [0.25, 0.3) is 0 Å². The first-order valence-corrected chi connectivity index (χ1v) is 8.64. The van der Waals surface area contributed by atoms with Crippen LogP contribution in [0.4, 0.5) is 5.69 Å². The Hall–Kier alpha value is -1.81. The van der Waals surface area contributed by atoms with Crippen LogP contribution in [0.5, 0.6) is 0 Å². The molecular formula is C18H22N2OS. The molecule has 116 valence electrons. The number of piperazine rings is 1. The Balaban J connectivity index is 1.59. The lowest BCUT2D eigenvalue weighted by molar-refractivity contribution is -0.130. The van der Waals surface area contributed by atoms with Crippen LogP contribution >= 0.6 is 11.3 Å². The maximum atomic E-state index is 12.3. The van der Waals surface area contributed by atoms with Gasteiger partial charge in [0.15, 0.2) is 0 Å². The van der Waals surface area contributed by atoms with Crippen molar-refractivity contribution < 1.29 is 4.79 Å². The zero-order chi connectivity index (χ0) is 15.5. The summed E-state index contributed by atoms with van der Waals surface area (Å²) in [6, 6.07) is 10.6. The van der Waals surface area contributed by atoms with Gasteiger partial charge in [-0.1, -0.05) is 23.8 Å². The topological polar surface area (TPSA) is 23.6 Å². The van der Waals surface area contributed by atoms with Gasteiger partial charge in [-0.3, -0.25) is 4.79 Å². The van der Waals surface area contributed by atoms with Crippen LogP contribution < -0.4 is 4.90 Å². The lowest BCUT2D eigenvalue weighted by Gasteiger charge is -2.37. The Labute approximate surface area is 136 Å². The molecule has 0 N–H and O–H groups in total. The summed E-state index contributed by atoms with van der Waals surface area (Å²) >= 11 is 1.66. The van der Waals surface area contributed by atoms with Crippen LogP contribution in [-0.4, -0.2) is 37.0 Å². The lowest BCUT2D eigenvalue weighted by atomic mass is 10.1. The molecule has 3 rings (SSSR count). The highest BCUT2D eigenvalue weighted by Crippen LogP contribution is 2.22. The number of nitrogens with zero attached hydrogens (tertiary/aromatic N) is 2. The van der Waals surface area contributed by atoms with Crippen LogP contribution in [0.15, 0.2) is 35.7 Å². The fraction of sp³-hybridized carbons (Fsp3) is 0.389. The molecule has 0 radical (unpaired) electrons. The zero-order valence-corrected chi connectivity index (χ0v) is 14.0. The van der Waals surface area contributed by atoms with E-state index in [9.17, 15) is 4.79 Å². The first kappa shape index (κ1) is 15.1. The van der Waals surface area contributed by atoms with Crippen LogP contribution in [0, 0.1) is 13.8 Å². The minimum Gasteiger partial charge on any atom is -0.368 e. The highest BCUT2D eigenvalue weighted by atomic mass is 32.1. The summed E-state index contributed by atoms with van der Waals surface area (Å²) in [4.78, 5) is 17.9. The van der Waals surface area contributed by atoms with Crippen LogP contribution in [0.25, 0.3) is 0 Å². The number of benzene rings is 1. The van der Waals surface area contributed by atoms with E-state index in [1.807, 2.05) is 22.4 Å². The molecule has 2 heterocycles. The normalized spacial score (nSPS) is 15.2. The summed E-state index contributed by atoms with van der Waals surface area (Å²) in [5, 5.41) is 2.03. The number of aryl methyl sites for hydroxylation is 2. The van der Waals surface area contributed by atoms with Crippen LogP contribution in [0.3, 0.4) is 0 Å². The number of thiophene rings is 1. The maximum absolute atomic E-state index is 12.3. The molecule has 0 spiro atoms. The fourth-order valence-corrected chi connectivity index (χ4v) is 3.73. The van der Waals surface area contributed by atoms with Gasteiger partial charge in [-0.05, 0) is 36.9 Å². The van der Waals surface area contributed by atoms with E-state index in [1.165, 1.54) is 16.8 Å². The van der Waals surface area contributed by atoms with Crippen LogP contribution in [-0.2, 0) is 11.2 Å². The van der Waals surface area contributed by atoms with Gasteiger partial charge in [-0.25, -0.2) is 0 Å². The number of anilines is 1. The van der Waals surface area contributed by atoms with Gasteiger partial charge in [0, 0.05) is 36.7 Å². The van der Waals surface area contributed by atoms with Gasteiger partial charge >= 0.3 is 0 Å². The average Bonchev–Trinajstić information content (AvgIpc) is 3.00. The van der Waals surface area contributed by atoms with E-state index in [4.69, 9.17) is 0 Å². The first-order valence-electron chi connectivity index (χ1n) is 7.76. The van der Waals surface area contributed by atoms with Crippen molar-refractivity contribution in [3.63, 3.8) is 0 Å². The number of hydrogen-bond donors (Lipinski definition) is 0. The molecule has 1 fully saturated rings. The quantitative estimate of drug-likeness (QED) is 0.868. The Kier molecular flexibility index (Phi) is 4.48. The Morgan fingerprint density at radius 3 is 2.55 bits per heavy atom. The van der Waals surface area contributed by atoms with E-state index in [2.05, 4.69) is 36.9 Å². The van der Waals surface area contributed by atoms with Crippen LogP contribution in [0.2, 0.25) is 0 Å². The summed E-state index contributed by atoms with van der Waals surface area (Å²) in [6.45, 7) is 7.75. The van der Waals surface area contributed by atoms with Crippen molar-refractivity contribution >= 4 is 22.9 Å². The molecule has 1 aliphatic heterocycles. The lowest BCUT2D eigenvalue weighted by Crippen LogP contribution is -2.49. The minimum absolute atomic E-state index is 0.253. The number of rotatable bonds is 3. The average molecular weight is 314 g/mol. The second kappa shape index (κ2) is 6.53. The van der Waals surface area contributed by atoms with Crippen molar-refractivity contribution in [3.8, 4) is 0 Å². The summed E-state index contributed by atoms with van der Waals surface area (Å²) in [5.74, 6) is 0.253. The smallest absolute Gasteiger partial charge is 0.227 e. The molecule has 1 aromatic heterocycles. The summed E-state index contributed by atoms with van der Waals surface area (Å²) in [5.41, 5.74) is 3.92. The fourth-order valence-electron chi connectivity index (χ4n) is 3.03. The van der Waals surface area contributed by atoms with Crippen LogP contribution in [0.1, 0.15) is 16.0 Å². The SMILES string of the molecule is Cc1ccc(N2CCN(C(=O)Cc3cccs3)CC2)c(C)c1. The molecule has 0 saturated carbocycles. The summed E-state index contributed by atoms with van der Waals surface area (Å²) in [7, 11) is 0. The van der Waals surface area contributed by atoms with E-state index >= 15 is 0 Å². The Morgan fingerprint density at radius 1 is 1.14 bits per heavy atom. The van der Waals surface area contributed by atoms with Crippen molar-refractivity contribution in [2.45, 2.75) is 20.3 Å². The number of carbonyl (C=O) groups is 1.